The number of carbonyl (C=O) groups excluding carboxylic acids is 2. The SMILES string of the molecule is CN(CC(=O)N1CCN(c2ccc(Cl)cc2)CC1)S(=O)(=O)c1ccc2c(c1)CCC(=O)N2. The second-order valence-corrected chi connectivity index (χ2v) is 10.5. The lowest BCUT2D eigenvalue weighted by Crippen LogP contribution is -2.51. The maximum absolute atomic E-state index is 13.0. The van der Waals surface area contributed by atoms with Gasteiger partial charge in [0.15, 0.2) is 0 Å². The Bertz CT molecular complexity index is 1130. The van der Waals surface area contributed by atoms with Crippen LogP contribution in [0.1, 0.15) is 12.0 Å². The molecule has 2 aliphatic rings. The molecule has 4 rings (SSSR count). The first kappa shape index (κ1) is 22.6. The van der Waals surface area contributed by atoms with Crippen LogP contribution in [0.15, 0.2) is 47.4 Å². The molecule has 32 heavy (non-hydrogen) atoms. The van der Waals surface area contributed by atoms with Crippen LogP contribution in [0.25, 0.3) is 0 Å². The number of anilines is 2. The number of nitrogens with one attached hydrogen (secondary N) is 1. The first-order chi connectivity index (χ1) is 15.2. The molecule has 0 unspecified atom stereocenters. The monoisotopic (exact) mass is 476 g/mol. The molecule has 0 aromatic heterocycles. The molecule has 170 valence electrons. The van der Waals surface area contributed by atoms with Gasteiger partial charge in [0.05, 0.1) is 11.4 Å². The Labute approximate surface area is 192 Å². The van der Waals surface area contributed by atoms with Crippen LogP contribution in [0.4, 0.5) is 11.4 Å². The van der Waals surface area contributed by atoms with E-state index in [2.05, 4.69) is 10.2 Å². The van der Waals surface area contributed by atoms with E-state index >= 15 is 0 Å². The third-order valence-corrected chi connectivity index (χ3v) is 7.91. The highest BCUT2D eigenvalue weighted by atomic mass is 35.5. The van der Waals surface area contributed by atoms with E-state index in [4.69, 9.17) is 11.6 Å². The van der Waals surface area contributed by atoms with Crippen LogP contribution in [0.5, 0.6) is 0 Å². The van der Waals surface area contributed by atoms with Crippen LogP contribution in [0.3, 0.4) is 0 Å². The van der Waals surface area contributed by atoms with Crippen molar-refractivity contribution in [2.45, 2.75) is 17.7 Å². The number of halogens is 1. The molecule has 2 heterocycles. The highest BCUT2D eigenvalue weighted by Gasteiger charge is 2.28. The highest BCUT2D eigenvalue weighted by molar-refractivity contribution is 7.89. The molecule has 2 aromatic rings. The minimum absolute atomic E-state index is 0.0769. The first-order valence-electron chi connectivity index (χ1n) is 10.4. The molecular formula is C22H25ClN4O4S. The second-order valence-electron chi connectivity index (χ2n) is 7.97. The minimum Gasteiger partial charge on any atom is -0.368 e. The molecule has 0 bridgehead atoms. The molecule has 1 saturated heterocycles. The summed E-state index contributed by atoms with van der Waals surface area (Å²) >= 11 is 5.94. The van der Waals surface area contributed by atoms with E-state index in [1.54, 1.807) is 17.0 Å². The number of sulfonamides is 1. The van der Waals surface area contributed by atoms with Gasteiger partial charge in [0, 0.05) is 56.0 Å². The number of hydrogen-bond donors (Lipinski definition) is 1. The normalized spacial score (nSPS) is 16.7. The van der Waals surface area contributed by atoms with E-state index in [-0.39, 0.29) is 23.3 Å². The topological polar surface area (TPSA) is 90.0 Å². The van der Waals surface area contributed by atoms with Gasteiger partial charge in [0.2, 0.25) is 21.8 Å². The Morgan fingerprint density at radius 2 is 1.75 bits per heavy atom. The maximum atomic E-state index is 13.0. The smallest absolute Gasteiger partial charge is 0.243 e. The number of piperazine rings is 1. The standard InChI is InChI=1S/C22H25ClN4O4S/c1-25(32(30,31)19-7-8-20-16(14-19)2-9-21(28)24-20)15-22(29)27-12-10-26(11-13-27)18-5-3-17(23)4-6-18/h3-8,14H,2,9-13,15H2,1H3,(H,24,28). The zero-order chi connectivity index (χ0) is 22.9. The third kappa shape index (κ3) is 4.74. The maximum Gasteiger partial charge on any atom is 0.243 e. The summed E-state index contributed by atoms with van der Waals surface area (Å²) in [4.78, 5) is 28.3. The molecular weight excluding hydrogens is 452 g/mol. The van der Waals surface area contributed by atoms with Crippen molar-refractivity contribution in [3.8, 4) is 0 Å². The predicted molar refractivity (Wildman–Crippen MR) is 123 cm³/mol. The first-order valence-corrected chi connectivity index (χ1v) is 12.2. The zero-order valence-electron chi connectivity index (χ0n) is 17.8. The van der Waals surface area contributed by atoms with Gasteiger partial charge in [-0.2, -0.15) is 4.31 Å². The molecule has 1 N–H and O–H groups in total. The van der Waals surface area contributed by atoms with Gasteiger partial charge < -0.3 is 15.1 Å². The zero-order valence-corrected chi connectivity index (χ0v) is 19.3. The fourth-order valence-corrected chi connectivity index (χ4v) is 5.24. The van der Waals surface area contributed by atoms with Crippen molar-refractivity contribution < 1.29 is 18.0 Å². The minimum atomic E-state index is -3.83. The lowest BCUT2D eigenvalue weighted by atomic mass is 10.0. The molecule has 8 nitrogen and oxygen atoms in total. The Morgan fingerprint density at radius 1 is 1.06 bits per heavy atom. The number of rotatable bonds is 5. The fourth-order valence-electron chi connectivity index (χ4n) is 3.94. The van der Waals surface area contributed by atoms with Gasteiger partial charge in [-0.05, 0) is 54.4 Å². The van der Waals surface area contributed by atoms with Crippen molar-refractivity contribution in [3.05, 3.63) is 53.1 Å². The van der Waals surface area contributed by atoms with Gasteiger partial charge in [-0.25, -0.2) is 8.42 Å². The number of hydrogen-bond acceptors (Lipinski definition) is 5. The molecule has 0 saturated carbocycles. The quantitative estimate of drug-likeness (QED) is 0.714. The number of carbonyl (C=O) groups is 2. The van der Waals surface area contributed by atoms with E-state index < -0.39 is 10.0 Å². The van der Waals surface area contributed by atoms with Crippen molar-refractivity contribution in [1.82, 2.24) is 9.21 Å². The summed E-state index contributed by atoms with van der Waals surface area (Å²) in [6, 6.07) is 12.2. The largest absolute Gasteiger partial charge is 0.368 e. The summed E-state index contributed by atoms with van der Waals surface area (Å²) in [6.45, 7) is 2.15. The second kappa shape index (κ2) is 9.09. The summed E-state index contributed by atoms with van der Waals surface area (Å²) in [6.07, 6.45) is 0.817. The lowest BCUT2D eigenvalue weighted by Gasteiger charge is -2.36. The summed E-state index contributed by atoms with van der Waals surface area (Å²) < 4.78 is 27.1. The van der Waals surface area contributed by atoms with Crippen molar-refractivity contribution in [2.75, 3.05) is 50.0 Å². The molecule has 2 amide bonds. The van der Waals surface area contributed by atoms with Crippen molar-refractivity contribution in [1.29, 1.82) is 0 Å². The van der Waals surface area contributed by atoms with Crippen LogP contribution in [-0.2, 0) is 26.0 Å². The van der Waals surface area contributed by atoms with E-state index in [0.29, 0.717) is 49.7 Å². The number of amides is 2. The summed E-state index contributed by atoms with van der Waals surface area (Å²) in [5.74, 6) is -0.302. The van der Waals surface area contributed by atoms with E-state index in [1.807, 2.05) is 24.3 Å². The predicted octanol–water partition coefficient (Wildman–Crippen LogP) is 2.19. The molecule has 10 heteroatoms. The van der Waals surface area contributed by atoms with Crippen LogP contribution in [-0.4, -0.2) is 69.2 Å². The van der Waals surface area contributed by atoms with Gasteiger partial charge in [-0.1, -0.05) is 11.6 Å². The van der Waals surface area contributed by atoms with Crippen LogP contribution >= 0.6 is 11.6 Å². The highest BCUT2D eigenvalue weighted by Crippen LogP contribution is 2.27. The van der Waals surface area contributed by atoms with Crippen molar-refractivity contribution in [3.63, 3.8) is 0 Å². The number of likely N-dealkylation sites (N-methyl/N-ethyl adjacent to an activating group) is 1. The van der Waals surface area contributed by atoms with Gasteiger partial charge in [0.25, 0.3) is 0 Å². The van der Waals surface area contributed by atoms with Crippen LogP contribution in [0, 0.1) is 0 Å². The molecule has 2 aromatic carbocycles. The van der Waals surface area contributed by atoms with E-state index in [0.717, 1.165) is 15.6 Å². The molecule has 0 radical (unpaired) electrons. The fraction of sp³-hybridized carbons (Fsp3) is 0.364. The number of benzene rings is 2. The van der Waals surface area contributed by atoms with E-state index in [1.165, 1.54) is 13.1 Å². The average molecular weight is 477 g/mol. The van der Waals surface area contributed by atoms with Crippen LogP contribution < -0.4 is 10.2 Å². The molecule has 0 aliphatic carbocycles. The lowest BCUT2D eigenvalue weighted by molar-refractivity contribution is -0.131. The number of aryl methyl sites for hydroxylation is 1. The Morgan fingerprint density at radius 3 is 2.44 bits per heavy atom. The van der Waals surface area contributed by atoms with Crippen molar-refractivity contribution in [2.24, 2.45) is 0 Å². The number of nitrogens with zero attached hydrogens (tertiary/aromatic N) is 3. The van der Waals surface area contributed by atoms with E-state index in [9.17, 15) is 18.0 Å². The van der Waals surface area contributed by atoms with Gasteiger partial charge in [-0.3, -0.25) is 9.59 Å². The number of fused-ring (bicyclic) bond motifs is 1. The van der Waals surface area contributed by atoms with Gasteiger partial charge in [0.1, 0.15) is 0 Å². The molecule has 2 aliphatic heterocycles. The third-order valence-electron chi connectivity index (χ3n) is 5.86. The summed E-state index contributed by atoms with van der Waals surface area (Å²) in [7, 11) is -2.41. The Kier molecular flexibility index (Phi) is 6.41. The Hall–Kier alpha value is -2.62. The van der Waals surface area contributed by atoms with Gasteiger partial charge >= 0.3 is 0 Å². The van der Waals surface area contributed by atoms with Crippen LogP contribution in [0.2, 0.25) is 5.02 Å². The molecule has 0 spiro atoms. The Balaban J connectivity index is 1.37. The summed E-state index contributed by atoms with van der Waals surface area (Å²) in [5.41, 5.74) is 2.46. The molecule has 0 atom stereocenters. The molecule has 1 fully saturated rings. The van der Waals surface area contributed by atoms with Crippen molar-refractivity contribution >= 4 is 44.8 Å². The van der Waals surface area contributed by atoms with Gasteiger partial charge in [-0.15, -0.1) is 0 Å². The summed E-state index contributed by atoms with van der Waals surface area (Å²) in [5, 5.41) is 3.42. The average Bonchev–Trinajstić information content (AvgIpc) is 2.79.